The molecular weight excluding hydrogens is 272 g/mol. The maximum absolute atomic E-state index is 11.8. The molecule has 1 amide bonds. The number of rotatable bonds is 4. The van der Waals surface area contributed by atoms with E-state index < -0.39 is 0 Å². The number of nitrogens with zero attached hydrogens (tertiary/aromatic N) is 1. The van der Waals surface area contributed by atoms with Gasteiger partial charge in [0.25, 0.3) is 5.91 Å². The molecule has 0 atom stereocenters. The predicted molar refractivity (Wildman–Crippen MR) is 73.6 cm³/mol. The molecule has 0 spiro atoms. The van der Waals surface area contributed by atoms with Gasteiger partial charge >= 0.3 is 0 Å². The van der Waals surface area contributed by atoms with Crippen molar-refractivity contribution in [1.29, 1.82) is 0 Å². The minimum Gasteiger partial charge on any atom is -0.459 e. The topological polar surface area (TPSA) is 81.4 Å². The quantitative estimate of drug-likeness (QED) is 0.797. The van der Waals surface area contributed by atoms with E-state index in [1.807, 2.05) is 26.0 Å². The van der Waals surface area contributed by atoms with Crippen LogP contribution in [0.25, 0.3) is 11.3 Å². The zero-order valence-corrected chi connectivity index (χ0v) is 11.7. The van der Waals surface area contributed by atoms with Crippen LogP contribution < -0.4 is 5.32 Å². The first-order chi connectivity index (χ1) is 10.1. The Morgan fingerprint density at radius 3 is 2.81 bits per heavy atom. The highest BCUT2D eigenvalue weighted by atomic mass is 16.5. The van der Waals surface area contributed by atoms with Gasteiger partial charge in [0, 0.05) is 0 Å². The second-order valence-electron chi connectivity index (χ2n) is 4.63. The summed E-state index contributed by atoms with van der Waals surface area (Å²) < 4.78 is 15.8. The number of carbonyl (C=O) groups excluding carboxylic acids is 1. The van der Waals surface area contributed by atoms with Gasteiger partial charge in [-0.2, -0.15) is 0 Å². The molecule has 0 aromatic carbocycles. The highest BCUT2D eigenvalue weighted by molar-refractivity contribution is 5.91. The summed E-state index contributed by atoms with van der Waals surface area (Å²) in [5.41, 5.74) is 1.62. The SMILES string of the molecule is Cc1noc(C)c1-c1ccc(CNC(=O)c2ccco2)o1. The second kappa shape index (κ2) is 5.32. The van der Waals surface area contributed by atoms with Gasteiger partial charge in [0.15, 0.2) is 5.76 Å². The Morgan fingerprint density at radius 2 is 2.14 bits per heavy atom. The molecule has 21 heavy (non-hydrogen) atoms. The molecule has 6 heteroatoms. The van der Waals surface area contributed by atoms with Crippen LogP contribution in [0.15, 0.2) is 43.9 Å². The average Bonchev–Trinajstić information content (AvgIpc) is 3.18. The van der Waals surface area contributed by atoms with Crippen LogP contribution in [0.1, 0.15) is 27.8 Å². The first-order valence-electron chi connectivity index (χ1n) is 6.49. The Balaban J connectivity index is 1.70. The van der Waals surface area contributed by atoms with Crippen LogP contribution in [-0.2, 0) is 6.54 Å². The van der Waals surface area contributed by atoms with E-state index in [9.17, 15) is 4.79 Å². The summed E-state index contributed by atoms with van der Waals surface area (Å²) in [6, 6.07) is 6.91. The lowest BCUT2D eigenvalue weighted by molar-refractivity contribution is 0.0920. The monoisotopic (exact) mass is 286 g/mol. The molecule has 0 fully saturated rings. The van der Waals surface area contributed by atoms with E-state index in [1.54, 1.807) is 12.1 Å². The van der Waals surface area contributed by atoms with E-state index >= 15 is 0 Å². The molecule has 0 saturated heterocycles. The highest BCUT2D eigenvalue weighted by Crippen LogP contribution is 2.28. The lowest BCUT2D eigenvalue weighted by Crippen LogP contribution is -2.21. The van der Waals surface area contributed by atoms with Crippen molar-refractivity contribution in [3.63, 3.8) is 0 Å². The Bertz CT molecular complexity index is 733. The number of hydrogen-bond donors (Lipinski definition) is 1. The maximum Gasteiger partial charge on any atom is 0.287 e. The van der Waals surface area contributed by atoms with E-state index in [0.717, 1.165) is 11.3 Å². The van der Waals surface area contributed by atoms with Crippen molar-refractivity contribution in [3.8, 4) is 11.3 Å². The number of furan rings is 2. The Morgan fingerprint density at radius 1 is 1.29 bits per heavy atom. The summed E-state index contributed by atoms with van der Waals surface area (Å²) in [6.45, 7) is 3.96. The molecule has 0 aliphatic rings. The van der Waals surface area contributed by atoms with Crippen molar-refractivity contribution in [1.82, 2.24) is 10.5 Å². The van der Waals surface area contributed by atoms with E-state index in [-0.39, 0.29) is 18.2 Å². The first kappa shape index (κ1) is 13.2. The Labute approximate surface area is 120 Å². The summed E-state index contributed by atoms with van der Waals surface area (Å²) in [4.78, 5) is 11.8. The van der Waals surface area contributed by atoms with Crippen LogP contribution in [0.5, 0.6) is 0 Å². The van der Waals surface area contributed by atoms with Crippen molar-refractivity contribution < 1.29 is 18.2 Å². The summed E-state index contributed by atoms with van der Waals surface area (Å²) in [6.07, 6.45) is 1.46. The Hall–Kier alpha value is -2.76. The van der Waals surface area contributed by atoms with Crippen molar-refractivity contribution in [2.24, 2.45) is 0 Å². The van der Waals surface area contributed by atoms with Crippen molar-refractivity contribution >= 4 is 5.91 Å². The number of nitrogens with one attached hydrogen (secondary N) is 1. The van der Waals surface area contributed by atoms with Crippen LogP contribution >= 0.6 is 0 Å². The fourth-order valence-electron chi connectivity index (χ4n) is 2.10. The third-order valence-corrected chi connectivity index (χ3v) is 3.11. The standard InChI is InChI=1S/C15H14N2O4/c1-9-14(10(2)21-17-9)12-6-5-11(20-12)8-16-15(18)13-4-3-7-19-13/h3-7H,8H2,1-2H3,(H,16,18). The molecular formula is C15H14N2O4. The molecule has 6 nitrogen and oxygen atoms in total. The molecule has 1 N–H and O–H groups in total. The third kappa shape index (κ3) is 2.60. The molecule has 0 radical (unpaired) electrons. The third-order valence-electron chi connectivity index (χ3n) is 3.11. The number of amides is 1. The summed E-state index contributed by atoms with van der Waals surface area (Å²) in [5.74, 6) is 2.01. The smallest absolute Gasteiger partial charge is 0.287 e. The van der Waals surface area contributed by atoms with E-state index in [2.05, 4.69) is 10.5 Å². The minimum absolute atomic E-state index is 0.271. The van der Waals surface area contributed by atoms with Gasteiger partial charge in [-0.1, -0.05) is 5.16 Å². The zero-order chi connectivity index (χ0) is 14.8. The van der Waals surface area contributed by atoms with Crippen molar-refractivity contribution in [2.75, 3.05) is 0 Å². The van der Waals surface area contributed by atoms with Crippen LogP contribution in [0.3, 0.4) is 0 Å². The predicted octanol–water partition coefficient (Wildman–Crippen LogP) is 3.07. The van der Waals surface area contributed by atoms with E-state index in [4.69, 9.17) is 13.4 Å². The van der Waals surface area contributed by atoms with Crippen LogP contribution in [0.2, 0.25) is 0 Å². The second-order valence-corrected chi connectivity index (χ2v) is 4.63. The van der Waals surface area contributed by atoms with Gasteiger partial charge in [-0.3, -0.25) is 4.79 Å². The molecule has 108 valence electrons. The molecule has 0 unspecified atom stereocenters. The minimum atomic E-state index is -0.282. The van der Waals surface area contributed by atoms with Gasteiger partial charge in [0.05, 0.1) is 24.1 Å². The number of aromatic nitrogens is 1. The van der Waals surface area contributed by atoms with E-state index in [1.165, 1.54) is 6.26 Å². The fourth-order valence-corrected chi connectivity index (χ4v) is 2.10. The van der Waals surface area contributed by atoms with Gasteiger partial charge in [0.2, 0.25) is 0 Å². The van der Waals surface area contributed by atoms with Gasteiger partial charge in [-0.05, 0) is 38.1 Å². The first-order valence-corrected chi connectivity index (χ1v) is 6.49. The van der Waals surface area contributed by atoms with Crippen LogP contribution in [0.4, 0.5) is 0 Å². The molecule has 3 aromatic rings. The Kier molecular flexibility index (Phi) is 3.35. The molecule has 0 aliphatic carbocycles. The van der Waals surface area contributed by atoms with Crippen LogP contribution in [0, 0.1) is 13.8 Å². The van der Waals surface area contributed by atoms with Crippen LogP contribution in [-0.4, -0.2) is 11.1 Å². The van der Waals surface area contributed by atoms with Gasteiger partial charge in [-0.15, -0.1) is 0 Å². The van der Waals surface area contributed by atoms with Gasteiger partial charge in [0.1, 0.15) is 17.3 Å². The largest absolute Gasteiger partial charge is 0.459 e. The van der Waals surface area contributed by atoms with E-state index in [0.29, 0.717) is 17.3 Å². The number of carbonyl (C=O) groups is 1. The summed E-state index contributed by atoms with van der Waals surface area (Å²) >= 11 is 0. The molecule has 0 bridgehead atoms. The fraction of sp³-hybridized carbons (Fsp3) is 0.200. The summed E-state index contributed by atoms with van der Waals surface area (Å²) in [7, 11) is 0. The number of aryl methyl sites for hydroxylation is 2. The molecule has 0 aliphatic heterocycles. The maximum atomic E-state index is 11.8. The molecule has 3 rings (SSSR count). The van der Waals surface area contributed by atoms with Crippen molar-refractivity contribution in [2.45, 2.75) is 20.4 Å². The average molecular weight is 286 g/mol. The summed E-state index contributed by atoms with van der Waals surface area (Å²) in [5, 5.41) is 6.62. The zero-order valence-electron chi connectivity index (χ0n) is 11.7. The molecule has 0 saturated carbocycles. The number of hydrogen-bond acceptors (Lipinski definition) is 5. The normalized spacial score (nSPS) is 10.8. The van der Waals surface area contributed by atoms with Gasteiger partial charge < -0.3 is 18.7 Å². The highest BCUT2D eigenvalue weighted by Gasteiger charge is 2.15. The molecule has 3 aromatic heterocycles. The van der Waals surface area contributed by atoms with Crippen molar-refractivity contribution in [3.05, 3.63) is 53.5 Å². The lowest BCUT2D eigenvalue weighted by Gasteiger charge is -2.00. The molecule has 3 heterocycles. The lowest BCUT2D eigenvalue weighted by atomic mass is 10.1. The van der Waals surface area contributed by atoms with Gasteiger partial charge in [-0.25, -0.2) is 0 Å².